The molecule has 0 aliphatic carbocycles. The zero-order valence-corrected chi connectivity index (χ0v) is 19.5. The molecule has 6 atom stereocenters. The van der Waals surface area contributed by atoms with Crippen LogP contribution in [0.2, 0.25) is 0 Å². The van der Waals surface area contributed by atoms with Crippen molar-refractivity contribution in [2.24, 2.45) is 0 Å². The van der Waals surface area contributed by atoms with Crippen LogP contribution in [-0.4, -0.2) is 74.7 Å². The second-order valence-electron chi connectivity index (χ2n) is 6.74. The van der Waals surface area contributed by atoms with Gasteiger partial charge in [-0.25, -0.2) is 23.2 Å². The van der Waals surface area contributed by atoms with E-state index in [0.717, 1.165) is 6.33 Å². The molecule has 0 aromatic carbocycles. The molecule has 1 fully saturated rings. The minimum absolute atomic E-state index is 0.112. The maximum atomic E-state index is 12.0. The fraction of sp³-hybridized carbons (Fsp3) is 0.500. The lowest BCUT2D eigenvalue weighted by Crippen LogP contribution is -2.48. The van der Waals surface area contributed by atoms with Crippen LogP contribution >= 0.6 is 35.1 Å². The summed E-state index contributed by atoms with van der Waals surface area (Å²) < 4.78 is 52.9. The van der Waals surface area contributed by atoms with Crippen LogP contribution in [0.5, 0.6) is 0 Å². The Bertz CT molecular complexity index is 1170. The molecule has 1 aliphatic rings. The third kappa shape index (κ3) is 5.81. The first kappa shape index (κ1) is 26.6. The number of aliphatic hydroxyl groups is 2. The molecule has 21 heteroatoms. The Kier molecular flexibility index (Phi) is 7.43. The van der Waals surface area contributed by atoms with Crippen molar-refractivity contribution in [1.82, 2.24) is 14.6 Å². The van der Waals surface area contributed by atoms with Gasteiger partial charge in [0, 0.05) is 0 Å². The van der Waals surface area contributed by atoms with Crippen LogP contribution < -0.4 is 5.73 Å². The molecule has 3 rings (SSSR count). The number of nitrogen functional groups attached to an aromatic ring is 1. The summed E-state index contributed by atoms with van der Waals surface area (Å²) in [5.41, 5.74) is 4.27. The second kappa shape index (κ2) is 9.22. The third-order valence-corrected chi connectivity index (χ3v) is 8.69. The first-order valence-electron chi connectivity index (χ1n) is 8.56. The summed E-state index contributed by atoms with van der Waals surface area (Å²) in [6.07, 6.45) is -3.62. The number of fused-ring (bicyclic) bond motifs is 1. The predicted molar refractivity (Wildman–Crippen MR) is 107 cm³/mol. The van der Waals surface area contributed by atoms with Gasteiger partial charge < -0.3 is 40.3 Å². The van der Waals surface area contributed by atoms with Crippen molar-refractivity contribution in [3.8, 4) is 0 Å². The molecule has 0 saturated carbocycles. The Morgan fingerprint density at radius 3 is 2.42 bits per heavy atom. The summed E-state index contributed by atoms with van der Waals surface area (Å²) in [4.78, 5) is 39.8. The Morgan fingerprint density at radius 2 is 1.82 bits per heavy atom. The summed E-state index contributed by atoms with van der Waals surface area (Å²) in [5.74, 6) is -0.502. The van der Waals surface area contributed by atoms with Gasteiger partial charge in [0.25, 0.3) is 0 Å². The molecule has 0 radical (unpaired) electrons. The van der Waals surface area contributed by atoms with Gasteiger partial charge in [0.15, 0.2) is 5.82 Å². The number of aliphatic hydroxyl groups excluding tert-OH is 2. The smallest absolute Gasteiger partial charge is 0.387 e. The molecule has 0 amide bonds. The molecule has 2 aromatic heterocycles. The number of hydrogen-bond donors (Lipinski definition) is 7. The van der Waals surface area contributed by atoms with E-state index >= 15 is 0 Å². The molecule has 0 bridgehead atoms. The molecule has 1 saturated heterocycles. The normalized spacial score (nSPS) is 29.7. The highest BCUT2D eigenvalue weighted by Crippen LogP contribution is 2.66. The van der Waals surface area contributed by atoms with Crippen LogP contribution in [0.1, 0.15) is 11.8 Å². The van der Waals surface area contributed by atoms with Crippen LogP contribution in [0, 0.1) is 0 Å². The zero-order valence-electron chi connectivity index (χ0n) is 16.1. The van der Waals surface area contributed by atoms with Gasteiger partial charge >= 0.3 is 23.5 Å². The van der Waals surface area contributed by atoms with Crippen molar-refractivity contribution in [3.05, 3.63) is 24.2 Å². The van der Waals surface area contributed by atoms with Gasteiger partial charge in [-0.1, -0.05) is 0 Å². The Labute approximate surface area is 189 Å². The molecular weight excluding hydrogens is 537 g/mol. The van der Waals surface area contributed by atoms with Crippen molar-refractivity contribution >= 4 is 46.4 Å². The molecule has 33 heavy (non-hydrogen) atoms. The number of nitrogens with zero attached hydrogens (tertiary/aromatic N) is 3. The highest BCUT2D eigenvalue weighted by molar-refractivity contribution is 7.66. The quantitative estimate of drug-likeness (QED) is 0.151. The van der Waals surface area contributed by atoms with Crippen molar-refractivity contribution in [1.29, 1.82) is 0 Å². The summed E-state index contributed by atoms with van der Waals surface area (Å²) >= 11 is 5.87. The molecule has 17 nitrogen and oxygen atoms in total. The monoisotopic (exact) mass is 554 g/mol. The van der Waals surface area contributed by atoms with Crippen LogP contribution in [0.25, 0.3) is 5.52 Å². The van der Waals surface area contributed by atoms with Gasteiger partial charge in [-0.15, -0.1) is 11.6 Å². The number of aromatic nitrogens is 3. The lowest BCUT2D eigenvalue weighted by Gasteiger charge is -2.30. The first-order chi connectivity index (χ1) is 15.1. The topological polar surface area (TPSA) is 266 Å². The number of rotatable bonds is 9. The number of anilines is 1. The summed E-state index contributed by atoms with van der Waals surface area (Å²) in [6, 6.07) is 2.98. The molecule has 1 aliphatic heterocycles. The van der Waals surface area contributed by atoms with E-state index in [2.05, 4.69) is 23.2 Å². The number of phosphoric acid groups is 3. The first-order valence-corrected chi connectivity index (χ1v) is 13.6. The van der Waals surface area contributed by atoms with E-state index in [1.54, 1.807) is 0 Å². The Hall–Kier alpha value is -1.00. The minimum Gasteiger partial charge on any atom is -0.387 e. The third-order valence-electron chi connectivity index (χ3n) is 4.45. The highest BCUT2D eigenvalue weighted by Gasteiger charge is 2.56. The SMILES string of the molecule is Nc1ncnn2c([C@@H]3O[C@](CCl)(COP(=O)(O)OP(=O)(O)OP(=O)(O)O)[C@@H](O)[C@H]3O)ccc12. The molecular formula is C12H18ClN4O13P3. The van der Waals surface area contributed by atoms with E-state index in [1.165, 1.54) is 16.6 Å². The van der Waals surface area contributed by atoms with Crippen LogP contribution in [0.4, 0.5) is 5.82 Å². The molecule has 3 heterocycles. The number of nitrogens with two attached hydrogens (primary N) is 1. The van der Waals surface area contributed by atoms with E-state index in [1.807, 2.05) is 0 Å². The number of hydrogen-bond acceptors (Lipinski definition) is 12. The fourth-order valence-electron chi connectivity index (χ4n) is 3.06. The molecule has 2 aromatic rings. The summed E-state index contributed by atoms with van der Waals surface area (Å²) in [5, 5.41) is 25.1. The van der Waals surface area contributed by atoms with Crippen molar-refractivity contribution in [2.45, 2.75) is 23.9 Å². The molecule has 186 valence electrons. The predicted octanol–water partition coefficient (Wildman–Crippen LogP) is -0.575. The van der Waals surface area contributed by atoms with Gasteiger partial charge in [0.05, 0.1) is 18.2 Å². The van der Waals surface area contributed by atoms with Crippen LogP contribution in [0.15, 0.2) is 18.5 Å². The standard InChI is InChI=1S/C12H18ClN4O13P3/c13-3-12(4-27-32(23,24)30-33(25,26)29-31(20,21)22)10(19)8(18)9(28-12)6-1-2-7-11(14)15-5-16-17(6)7/h1-2,5,8-10,18-19H,3-4H2,(H,23,24)(H,25,26)(H2,14,15,16)(H2,20,21,22)/t8-,9-,10-,12+/m0/s1. The maximum absolute atomic E-state index is 12.0. The largest absolute Gasteiger partial charge is 0.490 e. The van der Waals surface area contributed by atoms with Crippen molar-refractivity contribution in [2.75, 3.05) is 18.2 Å². The van der Waals surface area contributed by atoms with E-state index in [-0.39, 0.29) is 11.5 Å². The molecule has 0 spiro atoms. The maximum Gasteiger partial charge on any atom is 0.490 e. The van der Waals surface area contributed by atoms with Crippen molar-refractivity contribution < 1.29 is 61.4 Å². The van der Waals surface area contributed by atoms with Gasteiger partial charge in [0.1, 0.15) is 35.8 Å². The lowest BCUT2D eigenvalue weighted by molar-refractivity contribution is -0.0958. The average Bonchev–Trinajstić information content (AvgIpc) is 3.19. The van der Waals surface area contributed by atoms with Crippen LogP contribution in [0.3, 0.4) is 0 Å². The second-order valence-corrected chi connectivity index (χ2v) is 11.4. The lowest BCUT2D eigenvalue weighted by atomic mass is 9.96. The summed E-state index contributed by atoms with van der Waals surface area (Å²) in [6.45, 7) is -1.07. The zero-order chi connectivity index (χ0) is 24.8. The number of alkyl halides is 1. The average molecular weight is 555 g/mol. The summed E-state index contributed by atoms with van der Waals surface area (Å²) in [7, 11) is -16.9. The van der Waals surface area contributed by atoms with Crippen molar-refractivity contribution in [3.63, 3.8) is 0 Å². The Morgan fingerprint density at radius 1 is 1.15 bits per heavy atom. The van der Waals surface area contributed by atoms with E-state index in [0.29, 0.717) is 5.52 Å². The number of ether oxygens (including phenoxy) is 1. The minimum atomic E-state index is -5.75. The van der Waals surface area contributed by atoms with Gasteiger partial charge in [-0.05, 0) is 12.1 Å². The number of halogens is 1. The van der Waals surface area contributed by atoms with E-state index in [4.69, 9.17) is 31.9 Å². The van der Waals surface area contributed by atoms with E-state index < -0.39 is 59.9 Å². The molecule has 2 unspecified atom stereocenters. The van der Waals surface area contributed by atoms with Gasteiger partial charge in [-0.2, -0.15) is 13.7 Å². The fourth-order valence-corrected chi connectivity index (χ4v) is 6.43. The van der Waals surface area contributed by atoms with Gasteiger partial charge in [-0.3, -0.25) is 4.52 Å². The molecule has 8 N–H and O–H groups in total. The van der Waals surface area contributed by atoms with Crippen LogP contribution in [-0.2, 0) is 31.6 Å². The number of phosphoric ester groups is 1. The highest BCUT2D eigenvalue weighted by atomic mass is 35.5. The van der Waals surface area contributed by atoms with Gasteiger partial charge in [0.2, 0.25) is 0 Å². The van der Waals surface area contributed by atoms with E-state index in [9.17, 15) is 33.7 Å². The Balaban J connectivity index is 1.80.